The highest BCUT2D eigenvalue weighted by molar-refractivity contribution is 8.01. The molecular formula is C26H22ClN5O3S3. The van der Waals surface area contributed by atoms with E-state index in [1.54, 1.807) is 24.3 Å². The number of H-pyrrole nitrogens is 1. The molecule has 0 fully saturated rings. The molecule has 0 saturated carbocycles. The average molecular weight is 584 g/mol. The highest BCUT2D eigenvalue weighted by atomic mass is 35.5. The number of halogens is 1. The van der Waals surface area contributed by atoms with Crippen molar-refractivity contribution in [1.29, 1.82) is 0 Å². The molecule has 3 aromatic carbocycles. The maximum atomic E-state index is 12.5. The predicted molar refractivity (Wildman–Crippen MR) is 156 cm³/mol. The molecule has 0 aliphatic carbocycles. The van der Waals surface area contributed by atoms with Gasteiger partial charge in [0, 0.05) is 10.7 Å². The zero-order valence-corrected chi connectivity index (χ0v) is 23.1. The molecule has 3 N–H and O–H groups in total. The van der Waals surface area contributed by atoms with Crippen molar-refractivity contribution in [3.63, 3.8) is 0 Å². The number of nitrogens with zero attached hydrogens (tertiary/aromatic N) is 2. The molecule has 0 unspecified atom stereocenters. The van der Waals surface area contributed by atoms with Crippen molar-refractivity contribution in [2.24, 2.45) is 0 Å². The van der Waals surface area contributed by atoms with Crippen LogP contribution in [0.2, 0.25) is 5.02 Å². The minimum Gasteiger partial charge on any atom is -0.492 e. The van der Waals surface area contributed by atoms with E-state index in [-0.39, 0.29) is 23.3 Å². The summed E-state index contributed by atoms with van der Waals surface area (Å²) >= 11 is 10.1. The summed E-state index contributed by atoms with van der Waals surface area (Å²) in [6.45, 7) is 0.768. The van der Waals surface area contributed by atoms with Crippen LogP contribution in [0.1, 0.15) is 0 Å². The van der Waals surface area contributed by atoms with E-state index in [4.69, 9.17) is 16.3 Å². The van der Waals surface area contributed by atoms with Gasteiger partial charge in [0.1, 0.15) is 12.4 Å². The number of hydrogen-bond donors (Lipinski definition) is 3. The smallest absolute Gasteiger partial charge is 0.234 e. The summed E-state index contributed by atoms with van der Waals surface area (Å²) in [4.78, 5) is 36.9. The van der Waals surface area contributed by atoms with Crippen molar-refractivity contribution in [2.45, 2.75) is 9.50 Å². The number of para-hydroxylation sites is 2. The van der Waals surface area contributed by atoms with E-state index >= 15 is 0 Å². The van der Waals surface area contributed by atoms with Gasteiger partial charge in [-0.3, -0.25) is 9.59 Å². The van der Waals surface area contributed by atoms with Crippen molar-refractivity contribution in [2.75, 3.05) is 30.0 Å². The number of thioether (sulfide) groups is 2. The topological polar surface area (TPSA) is 109 Å². The van der Waals surface area contributed by atoms with Gasteiger partial charge in [0.25, 0.3) is 0 Å². The molecule has 0 bridgehead atoms. The molecule has 0 aliphatic rings. The number of aromatic amines is 1. The molecule has 194 valence electrons. The fraction of sp³-hybridized carbons (Fsp3) is 0.154. The monoisotopic (exact) mass is 583 g/mol. The van der Waals surface area contributed by atoms with E-state index in [1.807, 2.05) is 42.5 Å². The molecule has 5 aromatic rings. The Bertz CT molecular complexity index is 1540. The summed E-state index contributed by atoms with van der Waals surface area (Å²) in [5.41, 5.74) is 3.34. The van der Waals surface area contributed by atoms with Crippen molar-refractivity contribution >= 4 is 85.2 Å². The van der Waals surface area contributed by atoms with E-state index < -0.39 is 0 Å². The minimum absolute atomic E-state index is 0.0936. The standard InChI is InChI=1S/C26H22ClN5O3S3/c27-16-5-8-18(9-6-16)35-12-11-28-23(33)14-37-26-32-21-10-7-17(13-22(21)38-26)29-24(34)15-36-25-30-19-3-1-2-4-20(19)31-25/h1-10,13H,11-12,14-15H2,(H,28,33)(H,29,34)(H,30,31). The van der Waals surface area contributed by atoms with E-state index in [2.05, 4.69) is 25.6 Å². The van der Waals surface area contributed by atoms with Gasteiger partial charge in [0.2, 0.25) is 11.8 Å². The largest absolute Gasteiger partial charge is 0.492 e. The summed E-state index contributed by atoms with van der Waals surface area (Å²) in [6, 6.07) is 20.4. The van der Waals surface area contributed by atoms with E-state index in [0.29, 0.717) is 34.8 Å². The molecule has 2 aromatic heterocycles. The third-order valence-electron chi connectivity index (χ3n) is 5.19. The van der Waals surface area contributed by atoms with E-state index in [1.165, 1.54) is 34.9 Å². The van der Waals surface area contributed by atoms with Crippen molar-refractivity contribution in [3.8, 4) is 5.75 Å². The van der Waals surface area contributed by atoms with Gasteiger partial charge in [-0.25, -0.2) is 9.97 Å². The fourth-order valence-corrected chi connectivity index (χ4v) is 6.19. The number of amides is 2. The second-order valence-corrected chi connectivity index (χ2v) is 11.7. The Hall–Kier alpha value is -3.25. The number of hydrogen-bond acceptors (Lipinski definition) is 8. The van der Waals surface area contributed by atoms with Crippen LogP contribution in [0.3, 0.4) is 0 Å². The maximum absolute atomic E-state index is 12.5. The number of thiazole rings is 1. The molecule has 12 heteroatoms. The van der Waals surface area contributed by atoms with Crippen LogP contribution in [0.15, 0.2) is 76.2 Å². The van der Waals surface area contributed by atoms with Gasteiger partial charge in [0.15, 0.2) is 9.50 Å². The molecule has 0 spiro atoms. The highest BCUT2D eigenvalue weighted by Crippen LogP contribution is 2.31. The van der Waals surface area contributed by atoms with E-state index in [9.17, 15) is 9.59 Å². The number of nitrogens with one attached hydrogen (secondary N) is 3. The predicted octanol–water partition coefficient (Wildman–Crippen LogP) is 5.84. The lowest BCUT2D eigenvalue weighted by molar-refractivity contribution is -0.118. The summed E-state index contributed by atoms with van der Waals surface area (Å²) in [5.74, 6) is 0.979. The van der Waals surface area contributed by atoms with Crippen LogP contribution < -0.4 is 15.4 Å². The number of carbonyl (C=O) groups excluding carboxylic acids is 2. The van der Waals surface area contributed by atoms with Crippen LogP contribution in [0.5, 0.6) is 5.75 Å². The number of aromatic nitrogens is 3. The zero-order chi connectivity index (χ0) is 26.3. The lowest BCUT2D eigenvalue weighted by Crippen LogP contribution is -2.29. The molecule has 0 saturated heterocycles. The van der Waals surface area contributed by atoms with Gasteiger partial charge < -0.3 is 20.4 Å². The van der Waals surface area contributed by atoms with Crippen molar-refractivity contribution in [1.82, 2.24) is 20.3 Å². The summed E-state index contributed by atoms with van der Waals surface area (Å²) in [7, 11) is 0. The lowest BCUT2D eigenvalue weighted by atomic mass is 10.3. The van der Waals surface area contributed by atoms with Gasteiger partial charge >= 0.3 is 0 Å². The molecule has 0 atom stereocenters. The summed E-state index contributed by atoms with van der Waals surface area (Å²) < 4.78 is 7.30. The average Bonchev–Trinajstić information content (AvgIpc) is 3.53. The van der Waals surface area contributed by atoms with Gasteiger partial charge in [-0.05, 0) is 54.6 Å². The number of carbonyl (C=O) groups is 2. The fourth-order valence-electron chi connectivity index (χ4n) is 3.44. The van der Waals surface area contributed by atoms with Crippen LogP contribution in [0.25, 0.3) is 21.3 Å². The first-order valence-corrected chi connectivity index (χ1v) is 14.7. The molecular weight excluding hydrogens is 562 g/mol. The second kappa shape index (κ2) is 12.5. The molecule has 38 heavy (non-hydrogen) atoms. The third kappa shape index (κ3) is 7.19. The first-order valence-electron chi connectivity index (χ1n) is 11.6. The number of benzene rings is 3. The third-order valence-corrected chi connectivity index (χ3v) is 8.48. The molecule has 5 rings (SSSR count). The van der Waals surface area contributed by atoms with Crippen LogP contribution >= 0.6 is 46.5 Å². The van der Waals surface area contributed by atoms with Gasteiger partial charge in [-0.1, -0.05) is 47.3 Å². The van der Waals surface area contributed by atoms with Crippen LogP contribution in [0.4, 0.5) is 5.69 Å². The second-order valence-electron chi connectivity index (χ2n) is 8.00. The molecule has 2 amide bonds. The maximum Gasteiger partial charge on any atom is 0.234 e. The van der Waals surface area contributed by atoms with E-state index in [0.717, 1.165) is 25.6 Å². The highest BCUT2D eigenvalue weighted by Gasteiger charge is 2.11. The lowest BCUT2D eigenvalue weighted by Gasteiger charge is -2.07. The Kier molecular flexibility index (Phi) is 8.69. The number of ether oxygens (including phenoxy) is 1. The first-order chi connectivity index (χ1) is 18.5. The Morgan fingerprint density at radius 1 is 0.947 bits per heavy atom. The summed E-state index contributed by atoms with van der Waals surface area (Å²) in [6.07, 6.45) is 0. The minimum atomic E-state index is -0.120. The number of anilines is 1. The van der Waals surface area contributed by atoms with Crippen LogP contribution in [0, 0.1) is 0 Å². The zero-order valence-electron chi connectivity index (χ0n) is 19.9. The molecule has 2 heterocycles. The quantitative estimate of drug-likeness (QED) is 0.132. The van der Waals surface area contributed by atoms with Crippen LogP contribution in [-0.4, -0.2) is 51.4 Å². The SMILES string of the molecule is O=C(CSc1nc2ccc(NC(=O)CSc3nc4ccccc4[nH]3)cc2s1)NCCOc1ccc(Cl)cc1. The normalized spacial score (nSPS) is 11.1. The Balaban J connectivity index is 1.06. The number of imidazole rings is 1. The van der Waals surface area contributed by atoms with Crippen molar-refractivity contribution in [3.05, 3.63) is 71.8 Å². The van der Waals surface area contributed by atoms with Crippen LogP contribution in [-0.2, 0) is 9.59 Å². The van der Waals surface area contributed by atoms with Crippen molar-refractivity contribution < 1.29 is 14.3 Å². The van der Waals surface area contributed by atoms with Gasteiger partial charge in [-0.15, -0.1) is 11.3 Å². The molecule has 0 aliphatic heterocycles. The number of fused-ring (bicyclic) bond motifs is 2. The van der Waals surface area contributed by atoms with Gasteiger partial charge in [0.05, 0.1) is 39.3 Å². The Labute approximate surface area is 235 Å². The first kappa shape index (κ1) is 26.4. The molecule has 0 radical (unpaired) electrons. The Morgan fingerprint density at radius 2 is 1.76 bits per heavy atom. The van der Waals surface area contributed by atoms with Gasteiger partial charge in [-0.2, -0.15) is 0 Å². The molecule has 8 nitrogen and oxygen atoms in total. The number of rotatable bonds is 11. The summed E-state index contributed by atoms with van der Waals surface area (Å²) in [5, 5.41) is 7.12. The Morgan fingerprint density at radius 3 is 2.61 bits per heavy atom.